The molecule has 130 valence electrons. The van der Waals surface area contributed by atoms with Crippen molar-refractivity contribution in [2.45, 2.75) is 38.1 Å². The second-order valence-corrected chi connectivity index (χ2v) is 10.2. The van der Waals surface area contributed by atoms with Crippen LogP contribution in [-0.4, -0.2) is 19.4 Å². The molecule has 25 heavy (non-hydrogen) atoms. The Balaban J connectivity index is 1.80. The zero-order valence-corrected chi connectivity index (χ0v) is 16.6. The summed E-state index contributed by atoms with van der Waals surface area (Å²) in [6, 6.07) is 9.45. The molecule has 0 N–H and O–H groups in total. The van der Waals surface area contributed by atoms with Gasteiger partial charge in [-0.15, -0.1) is 22.7 Å². The molecule has 1 atom stereocenters. The Hall–Kier alpha value is -1.70. The van der Waals surface area contributed by atoms with Crippen LogP contribution in [0, 0.1) is 13.8 Å². The van der Waals surface area contributed by atoms with E-state index in [2.05, 4.69) is 4.98 Å². The number of fused-ring (bicyclic) bond motifs is 1. The molecule has 1 aliphatic heterocycles. The first-order chi connectivity index (χ1) is 11.9. The summed E-state index contributed by atoms with van der Waals surface area (Å²) in [6.07, 6.45) is 0.747. The Labute approximate surface area is 155 Å². The molecule has 4 nitrogen and oxygen atoms in total. The summed E-state index contributed by atoms with van der Waals surface area (Å²) in [5.41, 5.74) is 2.84. The van der Waals surface area contributed by atoms with E-state index >= 15 is 0 Å². The van der Waals surface area contributed by atoms with Gasteiger partial charge in [0.1, 0.15) is 9.90 Å². The van der Waals surface area contributed by atoms with E-state index in [1.165, 1.54) is 11.3 Å². The van der Waals surface area contributed by atoms with Crippen LogP contribution in [0.5, 0.6) is 0 Å². The van der Waals surface area contributed by atoms with Crippen molar-refractivity contribution in [1.82, 2.24) is 4.98 Å². The van der Waals surface area contributed by atoms with Crippen LogP contribution in [0.15, 0.2) is 40.6 Å². The molecule has 0 bridgehead atoms. The van der Waals surface area contributed by atoms with E-state index in [-0.39, 0.29) is 6.04 Å². The number of thiophene rings is 1. The first-order valence-corrected chi connectivity index (χ1v) is 11.2. The molecule has 3 heterocycles. The molecule has 0 saturated heterocycles. The fraction of sp³-hybridized carbons (Fsp3) is 0.278. The van der Waals surface area contributed by atoms with Crippen LogP contribution in [0.2, 0.25) is 0 Å². The van der Waals surface area contributed by atoms with Gasteiger partial charge in [-0.05, 0) is 44.9 Å². The summed E-state index contributed by atoms with van der Waals surface area (Å²) in [7, 11) is -3.59. The number of nitrogens with zero attached hydrogens (tertiary/aromatic N) is 2. The van der Waals surface area contributed by atoms with Crippen molar-refractivity contribution in [1.29, 1.82) is 0 Å². The molecule has 7 heteroatoms. The standard InChI is InChI=1S/C18H18N2O2S3/c1-11-10-23-18(19-11)16-9-17(13(3)24-16)25(21,22)20-12(2)8-14-6-4-5-7-15(14)20/h4-7,9-10,12H,8H2,1-3H3/t12-/m1/s1. The maximum Gasteiger partial charge on any atom is 0.265 e. The van der Waals surface area contributed by atoms with Gasteiger partial charge in [0.15, 0.2) is 0 Å². The topological polar surface area (TPSA) is 50.3 Å². The van der Waals surface area contributed by atoms with Crippen LogP contribution >= 0.6 is 22.7 Å². The van der Waals surface area contributed by atoms with E-state index in [4.69, 9.17) is 0 Å². The molecule has 1 aliphatic rings. The average Bonchev–Trinajstić information content (AvgIpc) is 3.23. The van der Waals surface area contributed by atoms with Crippen LogP contribution in [-0.2, 0) is 16.4 Å². The van der Waals surface area contributed by atoms with Gasteiger partial charge in [0.05, 0.1) is 10.6 Å². The van der Waals surface area contributed by atoms with Gasteiger partial charge in [0.2, 0.25) is 0 Å². The van der Waals surface area contributed by atoms with Crippen LogP contribution in [0.25, 0.3) is 9.88 Å². The highest BCUT2D eigenvalue weighted by Crippen LogP contribution is 2.41. The Morgan fingerprint density at radius 2 is 2.00 bits per heavy atom. The molecule has 0 amide bonds. The van der Waals surface area contributed by atoms with Crippen molar-refractivity contribution in [3.05, 3.63) is 51.8 Å². The van der Waals surface area contributed by atoms with E-state index in [1.807, 2.05) is 50.4 Å². The molecule has 0 radical (unpaired) electrons. The zero-order valence-electron chi connectivity index (χ0n) is 14.2. The lowest BCUT2D eigenvalue weighted by Gasteiger charge is -2.24. The van der Waals surface area contributed by atoms with Crippen molar-refractivity contribution < 1.29 is 8.42 Å². The van der Waals surface area contributed by atoms with E-state index in [1.54, 1.807) is 21.7 Å². The first kappa shape index (κ1) is 16.8. The highest BCUT2D eigenvalue weighted by molar-refractivity contribution is 7.93. The Morgan fingerprint density at radius 3 is 2.72 bits per heavy atom. The predicted octanol–water partition coefficient (Wildman–Crippen LogP) is 4.63. The van der Waals surface area contributed by atoms with Gasteiger partial charge in [0.25, 0.3) is 10.0 Å². The summed E-state index contributed by atoms with van der Waals surface area (Å²) in [4.78, 5) is 6.60. The van der Waals surface area contributed by atoms with Gasteiger partial charge in [-0.1, -0.05) is 18.2 Å². The average molecular weight is 391 g/mol. The van der Waals surface area contributed by atoms with Crippen molar-refractivity contribution in [2.75, 3.05) is 4.31 Å². The molecule has 1 aromatic carbocycles. The van der Waals surface area contributed by atoms with Gasteiger partial charge in [-0.3, -0.25) is 4.31 Å². The normalized spacial score (nSPS) is 17.1. The van der Waals surface area contributed by atoms with Gasteiger partial charge in [-0.2, -0.15) is 0 Å². The molecule has 0 fully saturated rings. The van der Waals surface area contributed by atoms with Crippen molar-refractivity contribution in [3.63, 3.8) is 0 Å². The van der Waals surface area contributed by atoms with Crippen LogP contribution < -0.4 is 4.31 Å². The third-order valence-electron chi connectivity index (χ3n) is 4.38. The fourth-order valence-electron chi connectivity index (χ4n) is 3.30. The molecule has 0 spiro atoms. The Kier molecular flexibility index (Phi) is 3.97. The summed E-state index contributed by atoms with van der Waals surface area (Å²) < 4.78 is 28.4. The Morgan fingerprint density at radius 1 is 1.24 bits per heavy atom. The molecular formula is C18H18N2O2S3. The quantitative estimate of drug-likeness (QED) is 0.655. The summed E-state index contributed by atoms with van der Waals surface area (Å²) in [5.74, 6) is 0. The van der Waals surface area contributed by atoms with Crippen LogP contribution in [0.1, 0.15) is 23.1 Å². The lowest BCUT2D eigenvalue weighted by molar-refractivity contribution is 0.584. The van der Waals surface area contributed by atoms with E-state index in [0.717, 1.165) is 38.1 Å². The lowest BCUT2D eigenvalue weighted by atomic mass is 10.1. The summed E-state index contributed by atoms with van der Waals surface area (Å²) in [6.45, 7) is 5.78. The minimum absolute atomic E-state index is 0.0766. The molecule has 0 aliphatic carbocycles. The minimum atomic E-state index is -3.59. The maximum atomic E-state index is 13.4. The van der Waals surface area contributed by atoms with Crippen molar-refractivity contribution in [2.24, 2.45) is 0 Å². The molecule has 0 saturated carbocycles. The third kappa shape index (κ3) is 2.70. The molecule has 2 aromatic heterocycles. The third-order valence-corrected chi connectivity index (χ3v) is 8.75. The number of hydrogen-bond acceptors (Lipinski definition) is 5. The number of aromatic nitrogens is 1. The SMILES string of the molecule is Cc1csc(-c2cc(S(=O)(=O)N3c4ccccc4C[C@H]3C)c(C)s2)n1. The number of sulfonamides is 1. The number of para-hydroxylation sites is 1. The second-order valence-electron chi connectivity index (χ2n) is 6.31. The largest absolute Gasteiger partial charge is 0.265 e. The van der Waals surface area contributed by atoms with E-state index < -0.39 is 10.0 Å². The Bertz CT molecular complexity index is 1050. The molecule has 4 rings (SSSR count). The van der Waals surface area contributed by atoms with Crippen molar-refractivity contribution in [3.8, 4) is 9.88 Å². The number of benzene rings is 1. The van der Waals surface area contributed by atoms with E-state index in [9.17, 15) is 8.42 Å². The highest BCUT2D eigenvalue weighted by Gasteiger charge is 2.37. The molecular weight excluding hydrogens is 372 g/mol. The van der Waals surface area contributed by atoms with Crippen LogP contribution in [0.4, 0.5) is 5.69 Å². The van der Waals surface area contributed by atoms with E-state index in [0.29, 0.717) is 4.90 Å². The monoisotopic (exact) mass is 390 g/mol. The highest BCUT2D eigenvalue weighted by atomic mass is 32.2. The van der Waals surface area contributed by atoms with Gasteiger partial charge in [-0.25, -0.2) is 13.4 Å². The fourth-order valence-corrected chi connectivity index (χ4v) is 7.42. The number of rotatable bonds is 3. The summed E-state index contributed by atoms with van der Waals surface area (Å²) >= 11 is 3.04. The number of hydrogen-bond donors (Lipinski definition) is 0. The predicted molar refractivity (Wildman–Crippen MR) is 104 cm³/mol. The lowest BCUT2D eigenvalue weighted by Crippen LogP contribution is -2.35. The van der Waals surface area contributed by atoms with Gasteiger partial charge >= 0.3 is 0 Å². The smallest absolute Gasteiger partial charge is 0.263 e. The minimum Gasteiger partial charge on any atom is -0.263 e. The zero-order chi connectivity index (χ0) is 17.8. The maximum absolute atomic E-state index is 13.4. The number of anilines is 1. The van der Waals surface area contributed by atoms with Crippen LogP contribution in [0.3, 0.4) is 0 Å². The summed E-state index contributed by atoms with van der Waals surface area (Å²) in [5, 5.41) is 2.86. The first-order valence-electron chi connectivity index (χ1n) is 8.03. The molecule has 3 aromatic rings. The number of thiazole rings is 1. The second kappa shape index (κ2) is 5.93. The number of aryl methyl sites for hydroxylation is 2. The van der Waals surface area contributed by atoms with Crippen molar-refractivity contribution >= 4 is 38.4 Å². The van der Waals surface area contributed by atoms with Gasteiger partial charge < -0.3 is 0 Å². The molecule has 0 unspecified atom stereocenters. The van der Waals surface area contributed by atoms with Gasteiger partial charge in [0, 0.05) is 22.0 Å².